The summed E-state index contributed by atoms with van der Waals surface area (Å²) in [6, 6.07) is 9.30. The molecule has 0 bridgehead atoms. The maximum Gasteiger partial charge on any atom is 0.311 e. The number of carbonyl (C=O) groups is 1. The van der Waals surface area contributed by atoms with Crippen LogP contribution in [0.4, 0.5) is 0 Å². The Labute approximate surface area is 110 Å². The van der Waals surface area contributed by atoms with E-state index in [1.54, 1.807) is 6.92 Å². The van der Waals surface area contributed by atoms with E-state index < -0.39 is 11.4 Å². The van der Waals surface area contributed by atoms with Crippen LogP contribution in [0.2, 0.25) is 0 Å². The highest BCUT2D eigenvalue weighted by Gasteiger charge is 2.34. The summed E-state index contributed by atoms with van der Waals surface area (Å²) in [6.07, 6.45) is 0.167. The van der Waals surface area contributed by atoms with Gasteiger partial charge in [0.25, 0.3) is 0 Å². The molecule has 3 N–H and O–H groups in total. The smallest absolute Gasteiger partial charge is 0.311 e. The zero-order valence-corrected chi connectivity index (χ0v) is 10.5. The third-order valence-corrected chi connectivity index (χ3v) is 3.05. The van der Waals surface area contributed by atoms with Gasteiger partial charge in [-0.3, -0.25) is 4.79 Å². The molecular formula is C12H15N5O2. The minimum absolute atomic E-state index is 0.0178. The van der Waals surface area contributed by atoms with Crippen molar-refractivity contribution in [2.45, 2.75) is 13.3 Å². The van der Waals surface area contributed by atoms with Crippen molar-refractivity contribution in [3.05, 3.63) is 36.2 Å². The lowest BCUT2D eigenvalue weighted by Crippen LogP contribution is -2.38. The number of aliphatic carboxylic acids is 1. The first-order valence-electron chi connectivity index (χ1n) is 5.83. The Balaban J connectivity index is 2.33. The van der Waals surface area contributed by atoms with Gasteiger partial charge in [0.2, 0.25) is 0 Å². The topological polar surface area (TPSA) is 107 Å². The highest BCUT2D eigenvalue weighted by Crippen LogP contribution is 2.21. The van der Waals surface area contributed by atoms with Crippen molar-refractivity contribution in [2.75, 3.05) is 6.54 Å². The number of nitrogens with two attached hydrogens (primary N) is 1. The molecule has 1 aromatic carbocycles. The van der Waals surface area contributed by atoms with Gasteiger partial charge in [-0.05, 0) is 29.5 Å². The average Bonchev–Trinajstić information content (AvgIpc) is 2.87. The molecule has 1 aromatic heterocycles. The summed E-state index contributed by atoms with van der Waals surface area (Å²) >= 11 is 0. The second-order valence-corrected chi connectivity index (χ2v) is 4.59. The van der Waals surface area contributed by atoms with Crippen molar-refractivity contribution in [3.8, 4) is 5.69 Å². The van der Waals surface area contributed by atoms with Crippen LogP contribution < -0.4 is 5.73 Å². The van der Waals surface area contributed by atoms with E-state index >= 15 is 0 Å². The van der Waals surface area contributed by atoms with Gasteiger partial charge in [-0.25, -0.2) is 0 Å². The SMILES string of the molecule is CC(CN)(Cc1nnnn1-c1ccccc1)C(=O)O. The molecule has 7 heteroatoms. The Kier molecular flexibility index (Phi) is 3.57. The van der Waals surface area contributed by atoms with E-state index in [1.807, 2.05) is 30.3 Å². The van der Waals surface area contributed by atoms with Gasteiger partial charge in [-0.15, -0.1) is 5.10 Å². The molecule has 1 unspecified atom stereocenters. The van der Waals surface area contributed by atoms with Gasteiger partial charge >= 0.3 is 5.97 Å². The highest BCUT2D eigenvalue weighted by molar-refractivity contribution is 5.74. The minimum atomic E-state index is -1.08. The summed E-state index contributed by atoms with van der Waals surface area (Å²) in [7, 11) is 0. The fourth-order valence-corrected chi connectivity index (χ4v) is 1.67. The van der Waals surface area contributed by atoms with E-state index in [4.69, 9.17) is 5.73 Å². The number of para-hydroxylation sites is 1. The van der Waals surface area contributed by atoms with Crippen LogP contribution in [0.5, 0.6) is 0 Å². The monoisotopic (exact) mass is 261 g/mol. The molecule has 2 rings (SSSR count). The molecule has 0 aliphatic carbocycles. The van der Waals surface area contributed by atoms with Gasteiger partial charge in [-0.1, -0.05) is 18.2 Å². The molecule has 0 saturated heterocycles. The number of rotatable bonds is 5. The molecule has 0 fully saturated rings. The van der Waals surface area contributed by atoms with Crippen LogP contribution in [0.1, 0.15) is 12.7 Å². The van der Waals surface area contributed by atoms with Crippen LogP contribution in [0.3, 0.4) is 0 Å². The van der Waals surface area contributed by atoms with Crippen LogP contribution in [-0.4, -0.2) is 37.8 Å². The molecule has 100 valence electrons. The molecule has 0 spiro atoms. The fraction of sp³-hybridized carbons (Fsp3) is 0.333. The zero-order chi connectivity index (χ0) is 13.9. The van der Waals surface area contributed by atoms with Crippen molar-refractivity contribution in [1.82, 2.24) is 20.2 Å². The predicted octanol–water partition coefficient (Wildman–Crippen LogP) is 0.254. The summed E-state index contributed by atoms with van der Waals surface area (Å²) in [5.74, 6) is -0.487. The van der Waals surface area contributed by atoms with Crippen molar-refractivity contribution in [2.24, 2.45) is 11.1 Å². The lowest BCUT2D eigenvalue weighted by Gasteiger charge is -2.21. The van der Waals surface area contributed by atoms with Crippen LogP contribution in [0.25, 0.3) is 5.69 Å². The second kappa shape index (κ2) is 5.15. The van der Waals surface area contributed by atoms with E-state index in [1.165, 1.54) is 4.68 Å². The predicted molar refractivity (Wildman–Crippen MR) is 67.7 cm³/mol. The van der Waals surface area contributed by atoms with Gasteiger partial charge in [-0.2, -0.15) is 4.68 Å². The summed E-state index contributed by atoms with van der Waals surface area (Å²) < 4.78 is 1.52. The number of carboxylic acid groups (broad SMARTS) is 1. The van der Waals surface area contributed by atoms with E-state index in [2.05, 4.69) is 15.5 Å². The Morgan fingerprint density at radius 2 is 2.11 bits per heavy atom. The first kappa shape index (κ1) is 13.2. The Hall–Kier alpha value is -2.28. The normalized spacial score (nSPS) is 14.0. The van der Waals surface area contributed by atoms with E-state index in [0.29, 0.717) is 5.82 Å². The maximum atomic E-state index is 11.3. The van der Waals surface area contributed by atoms with E-state index in [0.717, 1.165) is 5.69 Å². The van der Waals surface area contributed by atoms with Crippen LogP contribution in [0, 0.1) is 5.41 Å². The highest BCUT2D eigenvalue weighted by atomic mass is 16.4. The standard InChI is InChI=1S/C12H15N5O2/c1-12(8-13,11(18)19)7-10-14-15-16-17(10)9-5-3-2-4-6-9/h2-6H,7-8,13H2,1H3,(H,18,19). The quantitative estimate of drug-likeness (QED) is 0.799. The summed E-state index contributed by atoms with van der Waals surface area (Å²) in [4.78, 5) is 11.3. The summed E-state index contributed by atoms with van der Waals surface area (Å²) in [5, 5.41) is 20.6. The number of tetrazole rings is 1. The number of nitrogens with zero attached hydrogens (tertiary/aromatic N) is 4. The number of hydrogen-bond donors (Lipinski definition) is 2. The van der Waals surface area contributed by atoms with Crippen molar-refractivity contribution >= 4 is 5.97 Å². The van der Waals surface area contributed by atoms with Gasteiger partial charge in [0, 0.05) is 13.0 Å². The van der Waals surface area contributed by atoms with E-state index in [9.17, 15) is 9.90 Å². The molecule has 1 atom stereocenters. The van der Waals surface area contributed by atoms with Gasteiger partial charge in [0.1, 0.15) is 0 Å². The van der Waals surface area contributed by atoms with Gasteiger partial charge in [0.15, 0.2) is 5.82 Å². The molecule has 0 radical (unpaired) electrons. The first-order chi connectivity index (χ1) is 9.07. The minimum Gasteiger partial charge on any atom is -0.481 e. The second-order valence-electron chi connectivity index (χ2n) is 4.59. The van der Waals surface area contributed by atoms with Crippen molar-refractivity contribution in [1.29, 1.82) is 0 Å². The summed E-state index contributed by atoms with van der Waals surface area (Å²) in [5.41, 5.74) is 5.26. The third-order valence-electron chi connectivity index (χ3n) is 3.05. The number of benzene rings is 1. The molecule has 1 heterocycles. The first-order valence-corrected chi connectivity index (χ1v) is 5.83. The average molecular weight is 261 g/mol. The Bertz CT molecular complexity index is 569. The lowest BCUT2D eigenvalue weighted by molar-refractivity contribution is -0.147. The lowest BCUT2D eigenvalue weighted by atomic mass is 9.87. The largest absolute Gasteiger partial charge is 0.481 e. The maximum absolute atomic E-state index is 11.3. The third kappa shape index (κ3) is 2.60. The molecule has 7 nitrogen and oxygen atoms in total. The van der Waals surface area contributed by atoms with Crippen molar-refractivity contribution in [3.63, 3.8) is 0 Å². The molecular weight excluding hydrogens is 246 g/mol. The van der Waals surface area contributed by atoms with Gasteiger partial charge < -0.3 is 10.8 Å². The molecule has 0 aliphatic rings. The van der Waals surface area contributed by atoms with Crippen LogP contribution in [-0.2, 0) is 11.2 Å². The zero-order valence-electron chi connectivity index (χ0n) is 10.5. The fourth-order valence-electron chi connectivity index (χ4n) is 1.67. The molecule has 0 amide bonds. The van der Waals surface area contributed by atoms with Crippen LogP contribution in [0.15, 0.2) is 30.3 Å². The molecule has 2 aromatic rings. The van der Waals surface area contributed by atoms with Crippen molar-refractivity contribution < 1.29 is 9.90 Å². The summed E-state index contributed by atoms with van der Waals surface area (Å²) in [6.45, 7) is 1.60. The van der Waals surface area contributed by atoms with Gasteiger partial charge in [0.05, 0.1) is 11.1 Å². The molecule has 0 saturated carbocycles. The van der Waals surface area contributed by atoms with E-state index in [-0.39, 0.29) is 13.0 Å². The number of aromatic nitrogens is 4. The molecule has 19 heavy (non-hydrogen) atoms. The number of hydrogen-bond acceptors (Lipinski definition) is 5. The van der Waals surface area contributed by atoms with Crippen LogP contribution >= 0.6 is 0 Å². The molecule has 0 aliphatic heterocycles. The Morgan fingerprint density at radius 3 is 2.68 bits per heavy atom. The Morgan fingerprint density at radius 1 is 1.42 bits per heavy atom. The number of carboxylic acids is 1.